The van der Waals surface area contributed by atoms with Gasteiger partial charge in [0.25, 0.3) is 0 Å². The smallest absolute Gasteiger partial charge is 0.131 e. The summed E-state index contributed by atoms with van der Waals surface area (Å²) in [6, 6.07) is 15.0. The van der Waals surface area contributed by atoms with Crippen molar-refractivity contribution in [3.63, 3.8) is 0 Å². The Kier molecular flexibility index (Phi) is 5.74. The van der Waals surface area contributed by atoms with Crippen LogP contribution in [0, 0.1) is 12.8 Å². The van der Waals surface area contributed by atoms with Gasteiger partial charge in [0.05, 0.1) is 34.0 Å². The largest absolute Gasteiger partial charge is 0.381 e. The highest BCUT2D eigenvalue weighted by molar-refractivity contribution is 6.30. The van der Waals surface area contributed by atoms with Crippen LogP contribution in [0.4, 0.5) is 0 Å². The molecule has 178 valence electrons. The van der Waals surface area contributed by atoms with Crippen LogP contribution in [0.2, 0.25) is 5.15 Å². The van der Waals surface area contributed by atoms with Crippen molar-refractivity contribution < 1.29 is 4.74 Å². The lowest BCUT2D eigenvalue weighted by atomic mass is 9.89. The second kappa shape index (κ2) is 9.06. The summed E-state index contributed by atoms with van der Waals surface area (Å²) in [5.74, 6) is 0.582. The van der Waals surface area contributed by atoms with Crippen LogP contribution in [0.15, 0.2) is 54.9 Å². The minimum absolute atomic E-state index is 0.126. The van der Waals surface area contributed by atoms with Crippen molar-refractivity contribution in [2.24, 2.45) is 13.0 Å². The standard InChI is InChI=1S/C27H27ClN6O/c1-17-27(33(2)32-31-17)20-13-24-26(30-15-20)21-16-29-25(28)14-23(21)34(24)22(19-6-4-3-5-7-19)12-18-8-10-35-11-9-18/h3-7,13-16,18,22H,8-12H2,1-2H3. The summed E-state index contributed by atoms with van der Waals surface area (Å²) in [7, 11) is 1.91. The van der Waals surface area contributed by atoms with Crippen molar-refractivity contribution in [2.75, 3.05) is 13.2 Å². The zero-order chi connectivity index (χ0) is 23.9. The third-order valence-corrected chi connectivity index (χ3v) is 7.36. The van der Waals surface area contributed by atoms with E-state index < -0.39 is 0 Å². The highest BCUT2D eigenvalue weighted by Gasteiger charge is 2.26. The first-order valence-corrected chi connectivity index (χ1v) is 12.4. The van der Waals surface area contributed by atoms with Crippen molar-refractivity contribution in [1.82, 2.24) is 29.5 Å². The minimum atomic E-state index is 0.126. The van der Waals surface area contributed by atoms with Crippen LogP contribution in [-0.4, -0.2) is 42.7 Å². The fraction of sp³-hybridized carbons (Fsp3) is 0.333. The number of ether oxygens (including phenoxy) is 1. The predicted octanol–water partition coefficient (Wildman–Crippen LogP) is 5.75. The van der Waals surface area contributed by atoms with E-state index in [9.17, 15) is 0 Å². The predicted molar refractivity (Wildman–Crippen MR) is 138 cm³/mol. The Bertz CT molecular complexity index is 1480. The molecule has 0 radical (unpaired) electrons. The van der Waals surface area contributed by atoms with Gasteiger partial charge in [-0.25, -0.2) is 9.67 Å². The van der Waals surface area contributed by atoms with E-state index in [1.807, 2.05) is 32.4 Å². The highest BCUT2D eigenvalue weighted by Crippen LogP contribution is 2.39. The number of aromatic nitrogens is 6. The van der Waals surface area contributed by atoms with Crippen LogP contribution in [0.3, 0.4) is 0 Å². The molecule has 6 rings (SSSR count). The molecular weight excluding hydrogens is 460 g/mol. The van der Waals surface area contributed by atoms with Gasteiger partial charge in [0.2, 0.25) is 0 Å². The summed E-state index contributed by atoms with van der Waals surface area (Å²) < 4.78 is 9.88. The molecule has 35 heavy (non-hydrogen) atoms. The second-order valence-corrected chi connectivity index (χ2v) is 9.74. The molecule has 0 saturated carbocycles. The molecule has 5 aromatic rings. The fourth-order valence-corrected chi connectivity index (χ4v) is 5.61. The van der Waals surface area contributed by atoms with E-state index in [0.717, 1.165) is 71.4 Å². The minimum Gasteiger partial charge on any atom is -0.381 e. The summed E-state index contributed by atoms with van der Waals surface area (Å²) in [5.41, 5.74) is 7.14. The van der Waals surface area contributed by atoms with Crippen LogP contribution in [0.25, 0.3) is 33.2 Å². The van der Waals surface area contributed by atoms with E-state index >= 15 is 0 Å². The van der Waals surface area contributed by atoms with Gasteiger partial charge in [-0.1, -0.05) is 47.1 Å². The maximum Gasteiger partial charge on any atom is 0.131 e. The van der Waals surface area contributed by atoms with E-state index in [2.05, 4.69) is 56.3 Å². The lowest BCUT2D eigenvalue weighted by molar-refractivity contribution is 0.0610. The maximum atomic E-state index is 6.43. The molecule has 1 aliphatic rings. The quantitative estimate of drug-likeness (QED) is 0.296. The number of halogens is 1. The first-order valence-electron chi connectivity index (χ1n) is 12.0. The molecule has 0 bridgehead atoms. The van der Waals surface area contributed by atoms with Crippen LogP contribution in [-0.2, 0) is 11.8 Å². The average Bonchev–Trinajstić information content (AvgIpc) is 3.38. The van der Waals surface area contributed by atoms with Crippen molar-refractivity contribution >= 4 is 33.5 Å². The third kappa shape index (κ3) is 3.98. The molecule has 1 aromatic carbocycles. The Morgan fingerprint density at radius 3 is 2.60 bits per heavy atom. The number of nitrogens with zero attached hydrogens (tertiary/aromatic N) is 6. The molecule has 4 aromatic heterocycles. The molecule has 1 unspecified atom stereocenters. The first-order chi connectivity index (χ1) is 17.1. The summed E-state index contributed by atoms with van der Waals surface area (Å²) in [6.45, 7) is 3.63. The number of aryl methyl sites for hydroxylation is 2. The number of hydrogen-bond donors (Lipinski definition) is 0. The third-order valence-electron chi connectivity index (χ3n) is 7.15. The Balaban J connectivity index is 1.62. The SMILES string of the molecule is Cc1nnn(C)c1-c1cnc2c3cnc(Cl)cc3n(C(CC3CCOCC3)c3ccccc3)c2c1. The van der Waals surface area contributed by atoms with E-state index in [1.54, 1.807) is 4.68 Å². The van der Waals surface area contributed by atoms with Gasteiger partial charge in [-0.15, -0.1) is 5.10 Å². The summed E-state index contributed by atoms with van der Waals surface area (Å²) in [6.07, 6.45) is 6.92. The monoisotopic (exact) mass is 486 g/mol. The Labute approximate surface area is 208 Å². The molecule has 8 heteroatoms. The Morgan fingerprint density at radius 1 is 1.06 bits per heavy atom. The number of pyridine rings is 2. The van der Waals surface area contributed by atoms with Crippen molar-refractivity contribution in [3.05, 3.63) is 71.3 Å². The molecule has 5 heterocycles. The van der Waals surface area contributed by atoms with Crippen LogP contribution >= 0.6 is 11.6 Å². The number of hydrogen-bond acceptors (Lipinski definition) is 5. The van der Waals surface area contributed by atoms with E-state index in [4.69, 9.17) is 21.3 Å². The summed E-state index contributed by atoms with van der Waals surface area (Å²) in [5, 5.41) is 9.93. The zero-order valence-corrected chi connectivity index (χ0v) is 20.6. The van der Waals surface area contributed by atoms with Gasteiger partial charge in [0.15, 0.2) is 0 Å². The summed E-state index contributed by atoms with van der Waals surface area (Å²) in [4.78, 5) is 9.32. The van der Waals surface area contributed by atoms with Gasteiger partial charge in [-0.05, 0) is 49.8 Å². The average molecular weight is 487 g/mol. The van der Waals surface area contributed by atoms with Gasteiger partial charge in [0.1, 0.15) is 5.15 Å². The second-order valence-electron chi connectivity index (χ2n) is 9.35. The summed E-state index contributed by atoms with van der Waals surface area (Å²) >= 11 is 6.43. The van der Waals surface area contributed by atoms with E-state index in [-0.39, 0.29) is 6.04 Å². The maximum absolute atomic E-state index is 6.43. The molecule has 0 spiro atoms. The van der Waals surface area contributed by atoms with Gasteiger partial charge < -0.3 is 9.30 Å². The van der Waals surface area contributed by atoms with Gasteiger partial charge in [-0.3, -0.25) is 4.98 Å². The molecule has 1 saturated heterocycles. The molecule has 0 N–H and O–H groups in total. The van der Waals surface area contributed by atoms with Gasteiger partial charge in [-0.2, -0.15) is 0 Å². The highest BCUT2D eigenvalue weighted by atomic mass is 35.5. The zero-order valence-electron chi connectivity index (χ0n) is 19.9. The lowest BCUT2D eigenvalue weighted by Crippen LogP contribution is -2.21. The normalized spacial score (nSPS) is 15.7. The molecule has 7 nitrogen and oxygen atoms in total. The van der Waals surface area contributed by atoms with Crippen LogP contribution in [0.1, 0.15) is 36.6 Å². The van der Waals surface area contributed by atoms with Crippen LogP contribution in [0.5, 0.6) is 0 Å². The Hall–Kier alpha value is -3.29. The lowest BCUT2D eigenvalue weighted by Gasteiger charge is -2.29. The fourth-order valence-electron chi connectivity index (χ4n) is 5.46. The molecule has 1 atom stereocenters. The van der Waals surface area contributed by atoms with Gasteiger partial charge in [0, 0.05) is 43.6 Å². The number of rotatable bonds is 5. The molecule has 1 aliphatic heterocycles. The van der Waals surface area contributed by atoms with Crippen molar-refractivity contribution in [1.29, 1.82) is 0 Å². The molecular formula is C27H27ClN6O. The molecule has 1 fully saturated rings. The topological polar surface area (TPSA) is 70.7 Å². The first kappa shape index (κ1) is 22.2. The van der Waals surface area contributed by atoms with E-state index in [0.29, 0.717) is 11.1 Å². The van der Waals surface area contributed by atoms with Gasteiger partial charge >= 0.3 is 0 Å². The Morgan fingerprint density at radius 2 is 1.86 bits per heavy atom. The van der Waals surface area contributed by atoms with Crippen LogP contribution < -0.4 is 0 Å². The van der Waals surface area contributed by atoms with Crippen molar-refractivity contribution in [2.45, 2.75) is 32.2 Å². The number of benzene rings is 1. The van der Waals surface area contributed by atoms with E-state index in [1.165, 1.54) is 5.56 Å². The molecule has 0 amide bonds. The molecule has 0 aliphatic carbocycles. The van der Waals surface area contributed by atoms with Crippen molar-refractivity contribution in [3.8, 4) is 11.3 Å². The number of fused-ring (bicyclic) bond motifs is 3.